The maximum atomic E-state index is 11.4. The Morgan fingerprint density at radius 3 is 2.56 bits per heavy atom. The molecule has 0 bridgehead atoms. The van der Waals surface area contributed by atoms with E-state index in [0.717, 1.165) is 11.4 Å². The average Bonchev–Trinajstić information content (AvgIpc) is 2.43. The first-order valence-corrected chi connectivity index (χ1v) is 6.13. The van der Waals surface area contributed by atoms with E-state index in [4.69, 9.17) is 23.2 Å². The highest BCUT2D eigenvalue weighted by Gasteiger charge is 2.19. The molecule has 1 rings (SSSR count). The minimum absolute atomic E-state index is 0.0650. The van der Waals surface area contributed by atoms with Crippen LogP contribution < -0.4 is 0 Å². The van der Waals surface area contributed by atoms with Crippen molar-refractivity contribution in [1.82, 2.24) is 9.78 Å². The van der Waals surface area contributed by atoms with Crippen molar-refractivity contribution < 1.29 is 4.79 Å². The van der Waals surface area contributed by atoms with E-state index in [2.05, 4.69) is 5.10 Å². The van der Waals surface area contributed by atoms with Crippen molar-refractivity contribution in [2.24, 2.45) is 13.0 Å². The van der Waals surface area contributed by atoms with Crippen LogP contribution in [0.25, 0.3) is 0 Å². The van der Waals surface area contributed by atoms with E-state index in [1.165, 1.54) is 0 Å². The lowest BCUT2D eigenvalue weighted by molar-refractivity contribution is -0.120. The zero-order valence-electron chi connectivity index (χ0n) is 9.76. The molecule has 3 nitrogen and oxygen atoms in total. The minimum atomic E-state index is -0.0650. The van der Waals surface area contributed by atoms with E-state index in [0.29, 0.717) is 23.7 Å². The number of Topliss-reactive ketones (excluding diaryl/α,β-unsaturated/α-hetero) is 1. The second-order valence-electron chi connectivity index (χ2n) is 3.96. The van der Waals surface area contributed by atoms with Crippen LogP contribution >= 0.6 is 23.2 Å². The van der Waals surface area contributed by atoms with Gasteiger partial charge in [0, 0.05) is 25.3 Å². The normalized spacial score (nSPS) is 12.8. The summed E-state index contributed by atoms with van der Waals surface area (Å²) in [4.78, 5) is 11.4. The van der Waals surface area contributed by atoms with Gasteiger partial charge in [0.25, 0.3) is 0 Å². The quantitative estimate of drug-likeness (QED) is 0.765. The molecule has 1 heterocycles. The third kappa shape index (κ3) is 2.98. The molecule has 0 aliphatic rings. The van der Waals surface area contributed by atoms with Crippen LogP contribution in [0.1, 0.15) is 24.7 Å². The summed E-state index contributed by atoms with van der Waals surface area (Å²) in [6.45, 7) is 3.45. The first-order chi connectivity index (χ1) is 7.47. The van der Waals surface area contributed by atoms with Crippen LogP contribution in [0.4, 0.5) is 0 Å². The molecular formula is C11H16Cl2N2O. The van der Waals surface area contributed by atoms with Crippen molar-refractivity contribution in [3.05, 3.63) is 16.4 Å². The van der Waals surface area contributed by atoms with E-state index in [1.807, 2.05) is 14.0 Å². The highest BCUT2D eigenvalue weighted by atomic mass is 35.5. The average molecular weight is 263 g/mol. The summed E-state index contributed by atoms with van der Waals surface area (Å²) in [7, 11) is 1.84. The zero-order valence-corrected chi connectivity index (χ0v) is 11.3. The number of nitrogens with zero attached hydrogens (tertiary/aromatic N) is 2. The van der Waals surface area contributed by atoms with E-state index in [-0.39, 0.29) is 11.7 Å². The van der Waals surface area contributed by atoms with Gasteiger partial charge in [-0.2, -0.15) is 5.10 Å². The molecule has 90 valence electrons. The van der Waals surface area contributed by atoms with E-state index < -0.39 is 0 Å². The smallest absolute Gasteiger partial charge is 0.133 e. The predicted molar refractivity (Wildman–Crippen MR) is 66.2 cm³/mol. The Bertz CT molecular complexity index is 388. The Balaban J connectivity index is 2.88. The molecule has 0 saturated heterocycles. The van der Waals surface area contributed by atoms with Crippen molar-refractivity contribution >= 4 is 29.0 Å². The summed E-state index contributed by atoms with van der Waals surface area (Å²) < 4.78 is 1.74. The van der Waals surface area contributed by atoms with Crippen molar-refractivity contribution in [2.75, 3.05) is 5.88 Å². The second-order valence-corrected chi connectivity index (χ2v) is 4.71. The minimum Gasteiger partial charge on any atom is -0.300 e. The first-order valence-electron chi connectivity index (χ1n) is 5.21. The number of ketones is 1. The highest BCUT2D eigenvalue weighted by Crippen LogP contribution is 2.24. The number of rotatable bonds is 5. The van der Waals surface area contributed by atoms with Gasteiger partial charge in [-0.3, -0.25) is 9.48 Å². The van der Waals surface area contributed by atoms with Gasteiger partial charge in [0.2, 0.25) is 0 Å². The van der Waals surface area contributed by atoms with Gasteiger partial charge < -0.3 is 0 Å². The Morgan fingerprint density at radius 1 is 1.56 bits per heavy atom. The van der Waals surface area contributed by atoms with Crippen LogP contribution in [-0.4, -0.2) is 21.4 Å². The molecule has 1 aromatic heterocycles. The molecule has 0 spiro atoms. The summed E-state index contributed by atoms with van der Waals surface area (Å²) in [5, 5.41) is 4.88. The number of carbonyl (C=O) groups is 1. The fourth-order valence-electron chi connectivity index (χ4n) is 1.72. The van der Waals surface area contributed by atoms with Gasteiger partial charge in [-0.25, -0.2) is 0 Å². The molecule has 0 N–H and O–H groups in total. The zero-order chi connectivity index (χ0) is 12.3. The van der Waals surface area contributed by atoms with Crippen LogP contribution in [0.3, 0.4) is 0 Å². The van der Waals surface area contributed by atoms with Gasteiger partial charge in [-0.15, -0.1) is 11.6 Å². The molecular weight excluding hydrogens is 247 g/mol. The van der Waals surface area contributed by atoms with E-state index in [9.17, 15) is 4.79 Å². The fourth-order valence-corrected chi connectivity index (χ4v) is 2.22. The Labute approximate surface area is 106 Å². The van der Waals surface area contributed by atoms with Crippen molar-refractivity contribution in [1.29, 1.82) is 0 Å². The van der Waals surface area contributed by atoms with E-state index in [1.54, 1.807) is 11.6 Å². The Hall–Kier alpha value is -0.540. The van der Waals surface area contributed by atoms with Gasteiger partial charge >= 0.3 is 0 Å². The molecule has 1 aromatic rings. The van der Waals surface area contributed by atoms with Crippen LogP contribution in [0, 0.1) is 12.8 Å². The summed E-state index contributed by atoms with van der Waals surface area (Å²) in [6, 6.07) is 0. The molecule has 0 fully saturated rings. The van der Waals surface area contributed by atoms with E-state index >= 15 is 0 Å². The van der Waals surface area contributed by atoms with Gasteiger partial charge in [0.1, 0.15) is 5.78 Å². The summed E-state index contributed by atoms with van der Waals surface area (Å²) >= 11 is 11.8. The second kappa shape index (κ2) is 5.69. The van der Waals surface area contributed by atoms with Crippen LogP contribution in [0.2, 0.25) is 5.02 Å². The number of halogens is 2. The Morgan fingerprint density at radius 2 is 2.19 bits per heavy atom. The van der Waals surface area contributed by atoms with Crippen molar-refractivity contribution in [3.63, 3.8) is 0 Å². The van der Waals surface area contributed by atoms with Crippen molar-refractivity contribution in [3.8, 4) is 0 Å². The lowest BCUT2D eigenvalue weighted by Gasteiger charge is -2.12. The number of alkyl halides is 1. The molecule has 0 aliphatic carbocycles. The Kier molecular flexibility index (Phi) is 4.81. The molecule has 5 heteroatoms. The van der Waals surface area contributed by atoms with Crippen LogP contribution in [0.15, 0.2) is 0 Å². The molecule has 0 radical (unpaired) electrons. The predicted octanol–water partition coefficient (Wildman–Crippen LogP) is 2.76. The lowest BCUT2D eigenvalue weighted by atomic mass is 9.96. The van der Waals surface area contributed by atoms with Gasteiger partial charge in [0.05, 0.1) is 16.4 Å². The summed E-state index contributed by atoms with van der Waals surface area (Å²) in [6.07, 6.45) is 1.29. The number of carbonyl (C=O) groups excluding carboxylic acids is 1. The van der Waals surface area contributed by atoms with Crippen LogP contribution in [0.5, 0.6) is 0 Å². The van der Waals surface area contributed by atoms with Crippen molar-refractivity contribution in [2.45, 2.75) is 26.7 Å². The van der Waals surface area contributed by atoms with Crippen LogP contribution in [-0.2, 0) is 18.3 Å². The summed E-state index contributed by atoms with van der Waals surface area (Å²) in [5.41, 5.74) is 1.71. The third-order valence-electron chi connectivity index (χ3n) is 2.73. The molecule has 0 saturated carbocycles. The molecule has 1 unspecified atom stereocenters. The topological polar surface area (TPSA) is 34.9 Å². The highest BCUT2D eigenvalue weighted by molar-refractivity contribution is 6.31. The number of aromatic nitrogens is 2. The van der Waals surface area contributed by atoms with Gasteiger partial charge in [-0.05, 0) is 20.3 Å². The number of hydrogen-bond acceptors (Lipinski definition) is 2. The molecule has 1 atom stereocenters. The van der Waals surface area contributed by atoms with Gasteiger partial charge in [0.15, 0.2) is 0 Å². The fraction of sp³-hybridized carbons (Fsp3) is 0.636. The monoisotopic (exact) mass is 262 g/mol. The molecule has 0 aliphatic heterocycles. The van der Waals surface area contributed by atoms with Gasteiger partial charge in [-0.1, -0.05) is 11.6 Å². The molecule has 0 aromatic carbocycles. The number of hydrogen-bond donors (Lipinski definition) is 0. The maximum Gasteiger partial charge on any atom is 0.133 e. The summed E-state index contributed by atoms with van der Waals surface area (Å²) in [5.74, 6) is 0.568. The molecule has 0 amide bonds. The lowest BCUT2D eigenvalue weighted by Crippen LogP contribution is -2.16. The standard InChI is InChI=1S/C11H16Cl2N2O/c1-7-11(13)10(15(3)14-7)6-9(4-5-12)8(2)16/h9H,4-6H2,1-3H3. The largest absolute Gasteiger partial charge is 0.300 e. The number of aryl methyl sites for hydroxylation is 2. The SMILES string of the molecule is CC(=O)C(CCCl)Cc1c(Cl)c(C)nn1C. The molecule has 16 heavy (non-hydrogen) atoms. The maximum absolute atomic E-state index is 11.4. The third-order valence-corrected chi connectivity index (χ3v) is 3.44. The first kappa shape index (κ1) is 13.5.